The molecule has 0 atom stereocenters. The van der Waals surface area contributed by atoms with E-state index in [4.69, 9.17) is 4.74 Å². The zero-order chi connectivity index (χ0) is 17.3. The second-order valence-corrected chi connectivity index (χ2v) is 6.85. The van der Waals surface area contributed by atoms with Crippen LogP contribution < -0.4 is 5.32 Å². The van der Waals surface area contributed by atoms with Crippen molar-refractivity contribution in [3.63, 3.8) is 0 Å². The lowest BCUT2D eigenvalue weighted by atomic mass is 9.74. The lowest BCUT2D eigenvalue weighted by Crippen LogP contribution is -2.46. The molecule has 0 bridgehead atoms. The van der Waals surface area contributed by atoms with Crippen molar-refractivity contribution >= 4 is 11.8 Å². The lowest BCUT2D eigenvalue weighted by Gasteiger charge is -2.38. The summed E-state index contributed by atoms with van der Waals surface area (Å²) in [7, 11) is 0. The molecule has 130 valence electrons. The standard InChI is InChI=1S/C20H21FN2O2/c21-16-6-7-17-18(12-16)22-14-20(17)8-10-23(11-9-20)19(24)25-13-15-4-2-1-3-5-15/h1-7,12,22H,8-11,13-14H2. The zero-order valence-corrected chi connectivity index (χ0v) is 14.0. The van der Waals surface area contributed by atoms with Crippen LogP contribution in [0.2, 0.25) is 0 Å². The molecule has 2 aromatic rings. The topological polar surface area (TPSA) is 41.6 Å². The summed E-state index contributed by atoms with van der Waals surface area (Å²) in [5, 5.41) is 3.32. The number of nitrogens with one attached hydrogen (secondary N) is 1. The first-order valence-electron chi connectivity index (χ1n) is 8.66. The summed E-state index contributed by atoms with van der Waals surface area (Å²) in [5.74, 6) is -0.217. The van der Waals surface area contributed by atoms with Gasteiger partial charge in [-0.25, -0.2) is 9.18 Å². The molecular weight excluding hydrogens is 319 g/mol. The molecule has 0 unspecified atom stereocenters. The van der Waals surface area contributed by atoms with E-state index < -0.39 is 0 Å². The van der Waals surface area contributed by atoms with Gasteiger partial charge in [0.15, 0.2) is 0 Å². The third-order valence-electron chi connectivity index (χ3n) is 5.35. The van der Waals surface area contributed by atoms with Crippen LogP contribution in [-0.2, 0) is 16.8 Å². The average Bonchev–Trinajstić information content (AvgIpc) is 2.98. The van der Waals surface area contributed by atoms with Gasteiger partial charge >= 0.3 is 6.09 Å². The monoisotopic (exact) mass is 340 g/mol. The third kappa shape index (κ3) is 3.06. The van der Waals surface area contributed by atoms with E-state index in [1.807, 2.05) is 36.4 Å². The number of nitrogens with zero attached hydrogens (tertiary/aromatic N) is 1. The fourth-order valence-corrected chi connectivity index (χ4v) is 3.86. The number of carbonyl (C=O) groups is 1. The van der Waals surface area contributed by atoms with Crippen molar-refractivity contribution < 1.29 is 13.9 Å². The minimum Gasteiger partial charge on any atom is -0.445 e. The highest BCUT2D eigenvalue weighted by Crippen LogP contribution is 2.44. The highest BCUT2D eigenvalue weighted by atomic mass is 19.1. The molecule has 1 saturated heterocycles. The van der Waals surface area contributed by atoms with Gasteiger partial charge in [-0.1, -0.05) is 36.4 Å². The minimum absolute atomic E-state index is 0.000751. The van der Waals surface area contributed by atoms with Gasteiger partial charge < -0.3 is 15.0 Å². The Morgan fingerprint density at radius 2 is 1.92 bits per heavy atom. The molecule has 2 aromatic carbocycles. The number of carbonyl (C=O) groups excluding carboxylic acids is 1. The van der Waals surface area contributed by atoms with Crippen LogP contribution in [-0.4, -0.2) is 30.6 Å². The van der Waals surface area contributed by atoms with Crippen molar-refractivity contribution in [3.05, 3.63) is 65.5 Å². The molecule has 5 heteroatoms. The molecule has 0 aromatic heterocycles. The Kier molecular flexibility index (Phi) is 4.07. The van der Waals surface area contributed by atoms with Crippen LogP contribution in [0, 0.1) is 5.82 Å². The Morgan fingerprint density at radius 1 is 1.16 bits per heavy atom. The highest BCUT2D eigenvalue weighted by Gasteiger charge is 2.42. The van der Waals surface area contributed by atoms with Crippen molar-refractivity contribution in [1.82, 2.24) is 4.90 Å². The molecule has 2 aliphatic heterocycles. The predicted octanol–water partition coefficient (Wildman–Crippen LogP) is 3.92. The third-order valence-corrected chi connectivity index (χ3v) is 5.35. The van der Waals surface area contributed by atoms with E-state index in [0.29, 0.717) is 19.7 Å². The van der Waals surface area contributed by atoms with Crippen LogP contribution in [0.1, 0.15) is 24.0 Å². The van der Waals surface area contributed by atoms with Gasteiger partial charge in [0.25, 0.3) is 0 Å². The summed E-state index contributed by atoms with van der Waals surface area (Å²) in [6.07, 6.45) is 1.46. The maximum atomic E-state index is 13.4. The summed E-state index contributed by atoms with van der Waals surface area (Å²) in [6, 6.07) is 14.7. The second-order valence-electron chi connectivity index (χ2n) is 6.85. The molecule has 4 nitrogen and oxygen atoms in total. The summed E-state index contributed by atoms with van der Waals surface area (Å²) >= 11 is 0. The summed E-state index contributed by atoms with van der Waals surface area (Å²) in [4.78, 5) is 14.1. The van der Waals surface area contributed by atoms with Gasteiger partial charge in [0.2, 0.25) is 0 Å². The summed E-state index contributed by atoms with van der Waals surface area (Å²) < 4.78 is 18.8. The number of benzene rings is 2. The van der Waals surface area contributed by atoms with Gasteiger partial charge in [0, 0.05) is 30.7 Å². The number of fused-ring (bicyclic) bond motifs is 2. The normalized spacial score (nSPS) is 17.9. The molecular formula is C20H21FN2O2. The van der Waals surface area contributed by atoms with E-state index >= 15 is 0 Å². The van der Waals surface area contributed by atoms with E-state index in [9.17, 15) is 9.18 Å². The Bertz CT molecular complexity index is 771. The van der Waals surface area contributed by atoms with Crippen molar-refractivity contribution in [3.8, 4) is 0 Å². The van der Waals surface area contributed by atoms with Crippen LogP contribution in [0.4, 0.5) is 14.9 Å². The molecule has 0 saturated carbocycles. The molecule has 1 amide bonds. The van der Waals surface area contributed by atoms with Gasteiger partial charge in [-0.3, -0.25) is 0 Å². The molecule has 2 heterocycles. The fraction of sp³-hybridized carbons (Fsp3) is 0.350. The van der Waals surface area contributed by atoms with Crippen LogP contribution in [0.25, 0.3) is 0 Å². The van der Waals surface area contributed by atoms with Crippen molar-refractivity contribution in [1.29, 1.82) is 0 Å². The number of piperidine rings is 1. The molecule has 1 spiro atoms. The fourth-order valence-electron chi connectivity index (χ4n) is 3.86. The first kappa shape index (κ1) is 15.9. The van der Waals surface area contributed by atoms with Crippen molar-refractivity contribution in [2.24, 2.45) is 0 Å². The van der Waals surface area contributed by atoms with Gasteiger partial charge in [0.05, 0.1) is 0 Å². The molecule has 1 fully saturated rings. The number of rotatable bonds is 2. The SMILES string of the molecule is O=C(OCc1ccccc1)N1CCC2(CC1)CNc1cc(F)ccc12. The van der Waals surface area contributed by atoms with Crippen LogP contribution in [0.5, 0.6) is 0 Å². The van der Waals surface area contributed by atoms with Gasteiger partial charge in [-0.2, -0.15) is 0 Å². The first-order valence-corrected chi connectivity index (χ1v) is 8.66. The Morgan fingerprint density at radius 3 is 2.68 bits per heavy atom. The lowest BCUT2D eigenvalue weighted by molar-refractivity contribution is 0.0794. The predicted molar refractivity (Wildman–Crippen MR) is 94.0 cm³/mol. The number of amides is 1. The molecule has 25 heavy (non-hydrogen) atoms. The van der Waals surface area contributed by atoms with Crippen LogP contribution in [0.15, 0.2) is 48.5 Å². The maximum absolute atomic E-state index is 13.4. The van der Waals surface area contributed by atoms with Crippen molar-refractivity contribution in [2.75, 3.05) is 25.0 Å². The molecule has 0 aliphatic carbocycles. The van der Waals surface area contributed by atoms with Crippen LogP contribution in [0.3, 0.4) is 0 Å². The Balaban J connectivity index is 1.37. The number of hydrogen-bond acceptors (Lipinski definition) is 3. The van der Waals surface area contributed by atoms with E-state index in [2.05, 4.69) is 5.32 Å². The van der Waals surface area contributed by atoms with Crippen LogP contribution >= 0.6 is 0 Å². The highest BCUT2D eigenvalue weighted by molar-refractivity contribution is 5.68. The summed E-state index contributed by atoms with van der Waals surface area (Å²) in [5.41, 5.74) is 3.05. The Hall–Kier alpha value is -2.56. The zero-order valence-electron chi connectivity index (χ0n) is 14.0. The first-order chi connectivity index (χ1) is 12.2. The number of anilines is 1. The summed E-state index contributed by atoms with van der Waals surface area (Å²) in [6.45, 7) is 2.42. The van der Waals surface area contributed by atoms with E-state index in [1.165, 1.54) is 11.6 Å². The maximum Gasteiger partial charge on any atom is 0.410 e. The largest absolute Gasteiger partial charge is 0.445 e. The van der Waals surface area contributed by atoms with Gasteiger partial charge in [-0.15, -0.1) is 0 Å². The Labute approximate surface area is 146 Å². The van der Waals surface area contributed by atoms with Gasteiger partial charge in [0.1, 0.15) is 12.4 Å². The molecule has 0 radical (unpaired) electrons. The number of halogens is 1. The molecule has 4 rings (SSSR count). The van der Waals surface area contributed by atoms with E-state index in [0.717, 1.165) is 30.6 Å². The average molecular weight is 340 g/mol. The van der Waals surface area contributed by atoms with E-state index in [-0.39, 0.29) is 17.3 Å². The quantitative estimate of drug-likeness (QED) is 0.901. The molecule has 2 aliphatic rings. The number of hydrogen-bond donors (Lipinski definition) is 1. The number of likely N-dealkylation sites (tertiary alicyclic amines) is 1. The van der Waals surface area contributed by atoms with Crippen molar-refractivity contribution in [2.45, 2.75) is 24.9 Å². The second kappa shape index (κ2) is 6.39. The minimum atomic E-state index is -0.260. The number of ether oxygens (including phenoxy) is 1. The smallest absolute Gasteiger partial charge is 0.410 e. The molecule has 1 N–H and O–H groups in total. The van der Waals surface area contributed by atoms with E-state index in [1.54, 1.807) is 11.0 Å². The van der Waals surface area contributed by atoms with Gasteiger partial charge in [-0.05, 0) is 36.1 Å².